The smallest absolute Gasteiger partial charge is 0.328 e. The number of benzene rings is 1. The standard InChI is InChI=1S/C12H11N3O3/c1-13-8-4-2-7(3-5-8)6-9-10(16)14-12(18)15-11(9)17/h2-6,13H,1H3,(H2,14,15,16,17,18). The van der Waals surface area contributed by atoms with Gasteiger partial charge in [-0.05, 0) is 23.8 Å². The molecule has 0 aromatic heterocycles. The summed E-state index contributed by atoms with van der Waals surface area (Å²) >= 11 is 0. The molecule has 1 saturated heterocycles. The number of hydrogen-bond donors (Lipinski definition) is 3. The summed E-state index contributed by atoms with van der Waals surface area (Å²) in [7, 11) is 1.79. The Hall–Kier alpha value is -2.63. The van der Waals surface area contributed by atoms with Crippen molar-refractivity contribution >= 4 is 29.6 Å². The Labute approximate surface area is 103 Å². The van der Waals surface area contributed by atoms with Crippen LogP contribution in [0.25, 0.3) is 6.08 Å². The topological polar surface area (TPSA) is 87.3 Å². The molecule has 0 saturated carbocycles. The lowest BCUT2D eigenvalue weighted by molar-refractivity contribution is -0.123. The number of barbiturate groups is 1. The van der Waals surface area contributed by atoms with Gasteiger partial charge in [0.05, 0.1) is 0 Å². The molecule has 18 heavy (non-hydrogen) atoms. The molecule has 1 fully saturated rings. The van der Waals surface area contributed by atoms with Gasteiger partial charge in [0.25, 0.3) is 11.8 Å². The van der Waals surface area contributed by atoms with E-state index in [1.807, 2.05) is 22.8 Å². The first-order valence-corrected chi connectivity index (χ1v) is 5.26. The Kier molecular flexibility index (Phi) is 3.09. The molecule has 4 amide bonds. The second kappa shape index (κ2) is 4.70. The molecule has 2 rings (SSSR count). The lowest BCUT2D eigenvalue weighted by Gasteiger charge is -2.13. The summed E-state index contributed by atoms with van der Waals surface area (Å²) in [5, 5.41) is 6.98. The van der Waals surface area contributed by atoms with Crippen LogP contribution in [0.5, 0.6) is 0 Å². The zero-order valence-electron chi connectivity index (χ0n) is 9.61. The zero-order chi connectivity index (χ0) is 13.1. The van der Waals surface area contributed by atoms with Gasteiger partial charge in [0.1, 0.15) is 5.57 Å². The third-order valence-electron chi connectivity index (χ3n) is 2.45. The predicted octanol–water partition coefficient (Wildman–Crippen LogP) is 0.478. The van der Waals surface area contributed by atoms with Gasteiger partial charge >= 0.3 is 6.03 Å². The number of anilines is 1. The van der Waals surface area contributed by atoms with Crippen LogP contribution in [-0.2, 0) is 9.59 Å². The summed E-state index contributed by atoms with van der Waals surface area (Å²) in [5.74, 6) is -1.39. The molecule has 1 aliphatic heterocycles. The molecule has 0 unspecified atom stereocenters. The van der Waals surface area contributed by atoms with E-state index in [1.54, 1.807) is 19.2 Å². The van der Waals surface area contributed by atoms with Crippen molar-refractivity contribution in [2.24, 2.45) is 0 Å². The molecule has 1 aromatic carbocycles. The molecule has 0 bridgehead atoms. The monoisotopic (exact) mass is 245 g/mol. The first-order chi connectivity index (χ1) is 8.60. The summed E-state index contributed by atoms with van der Waals surface area (Å²) in [6, 6.07) is 6.35. The van der Waals surface area contributed by atoms with E-state index in [-0.39, 0.29) is 5.57 Å². The maximum absolute atomic E-state index is 11.5. The van der Waals surface area contributed by atoms with Crippen LogP contribution in [0.15, 0.2) is 29.8 Å². The zero-order valence-corrected chi connectivity index (χ0v) is 9.61. The van der Waals surface area contributed by atoms with Crippen molar-refractivity contribution in [2.75, 3.05) is 12.4 Å². The molecule has 92 valence electrons. The van der Waals surface area contributed by atoms with Gasteiger partial charge in [0, 0.05) is 12.7 Å². The van der Waals surface area contributed by atoms with Crippen molar-refractivity contribution in [1.82, 2.24) is 10.6 Å². The minimum atomic E-state index is -0.798. The van der Waals surface area contributed by atoms with Crippen LogP contribution in [0.1, 0.15) is 5.56 Å². The van der Waals surface area contributed by atoms with Gasteiger partial charge in [-0.3, -0.25) is 20.2 Å². The van der Waals surface area contributed by atoms with Gasteiger partial charge in [-0.2, -0.15) is 0 Å². The van der Waals surface area contributed by atoms with Crippen LogP contribution >= 0.6 is 0 Å². The second-order valence-corrected chi connectivity index (χ2v) is 3.67. The molecule has 0 spiro atoms. The highest BCUT2D eigenvalue weighted by molar-refractivity contribution is 6.31. The normalized spacial score (nSPS) is 14.9. The quantitative estimate of drug-likeness (QED) is 0.522. The molecule has 3 N–H and O–H groups in total. The van der Waals surface area contributed by atoms with E-state index in [1.165, 1.54) is 6.08 Å². The summed E-state index contributed by atoms with van der Waals surface area (Å²) in [6.07, 6.45) is 1.43. The molecule has 1 aromatic rings. The van der Waals surface area contributed by atoms with Gasteiger partial charge in [-0.1, -0.05) is 12.1 Å². The fourth-order valence-corrected chi connectivity index (χ4v) is 1.52. The van der Waals surface area contributed by atoms with E-state index in [0.29, 0.717) is 5.56 Å². The highest BCUT2D eigenvalue weighted by atomic mass is 16.2. The summed E-state index contributed by atoms with van der Waals surface area (Å²) in [5.41, 5.74) is 1.53. The van der Waals surface area contributed by atoms with Crippen LogP contribution < -0.4 is 16.0 Å². The Balaban J connectivity index is 2.28. The van der Waals surface area contributed by atoms with Crippen molar-refractivity contribution in [2.45, 2.75) is 0 Å². The number of carbonyl (C=O) groups is 3. The SMILES string of the molecule is CNc1ccc(C=C2C(=O)NC(=O)NC2=O)cc1. The van der Waals surface area contributed by atoms with Crippen molar-refractivity contribution in [1.29, 1.82) is 0 Å². The van der Waals surface area contributed by atoms with E-state index < -0.39 is 17.8 Å². The molecule has 6 heteroatoms. The Morgan fingerprint density at radius 2 is 1.56 bits per heavy atom. The molecular formula is C12H11N3O3. The molecule has 0 radical (unpaired) electrons. The van der Waals surface area contributed by atoms with Crippen molar-refractivity contribution in [3.63, 3.8) is 0 Å². The van der Waals surface area contributed by atoms with Gasteiger partial charge in [0.15, 0.2) is 0 Å². The number of rotatable bonds is 2. The average Bonchev–Trinajstić information content (AvgIpc) is 2.34. The van der Waals surface area contributed by atoms with E-state index in [4.69, 9.17) is 0 Å². The van der Waals surface area contributed by atoms with E-state index in [2.05, 4.69) is 5.32 Å². The third-order valence-corrected chi connectivity index (χ3v) is 2.45. The lowest BCUT2D eigenvalue weighted by Crippen LogP contribution is -2.51. The highest BCUT2D eigenvalue weighted by Gasteiger charge is 2.27. The first-order valence-electron chi connectivity index (χ1n) is 5.26. The molecule has 0 atom stereocenters. The molecule has 6 nitrogen and oxygen atoms in total. The Bertz CT molecular complexity index is 524. The molecular weight excluding hydrogens is 234 g/mol. The number of carbonyl (C=O) groups excluding carboxylic acids is 3. The predicted molar refractivity (Wildman–Crippen MR) is 65.6 cm³/mol. The van der Waals surface area contributed by atoms with Gasteiger partial charge in [-0.25, -0.2) is 4.79 Å². The summed E-state index contributed by atoms with van der Waals surface area (Å²) < 4.78 is 0. The number of hydrogen-bond acceptors (Lipinski definition) is 4. The summed E-state index contributed by atoms with van der Waals surface area (Å²) in [6.45, 7) is 0. The minimum Gasteiger partial charge on any atom is -0.388 e. The lowest BCUT2D eigenvalue weighted by atomic mass is 10.1. The second-order valence-electron chi connectivity index (χ2n) is 3.67. The van der Waals surface area contributed by atoms with Crippen LogP contribution in [0.2, 0.25) is 0 Å². The Morgan fingerprint density at radius 3 is 2.06 bits per heavy atom. The van der Waals surface area contributed by atoms with Crippen molar-refractivity contribution in [3.8, 4) is 0 Å². The molecule has 0 aliphatic carbocycles. The van der Waals surface area contributed by atoms with E-state index >= 15 is 0 Å². The van der Waals surface area contributed by atoms with E-state index in [9.17, 15) is 14.4 Å². The number of nitrogens with one attached hydrogen (secondary N) is 3. The highest BCUT2D eigenvalue weighted by Crippen LogP contribution is 2.13. The maximum atomic E-state index is 11.5. The van der Waals surface area contributed by atoms with Gasteiger partial charge < -0.3 is 5.32 Å². The van der Waals surface area contributed by atoms with E-state index in [0.717, 1.165) is 5.69 Å². The van der Waals surface area contributed by atoms with Crippen LogP contribution in [0.3, 0.4) is 0 Å². The number of imide groups is 2. The third kappa shape index (κ3) is 2.37. The fraction of sp³-hybridized carbons (Fsp3) is 0.0833. The van der Waals surface area contributed by atoms with Crippen LogP contribution in [0.4, 0.5) is 10.5 Å². The molecule has 1 aliphatic rings. The summed E-state index contributed by atoms with van der Waals surface area (Å²) in [4.78, 5) is 33.8. The Morgan fingerprint density at radius 1 is 1.00 bits per heavy atom. The van der Waals surface area contributed by atoms with Crippen molar-refractivity contribution < 1.29 is 14.4 Å². The number of amides is 4. The fourth-order valence-electron chi connectivity index (χ4n) is 1.52. The maximum Gasteiger partial charge on any atom is 0.328 e. The largest absolute Gasteiger partial charge is 0.388 e. The van der Waals surface area contributed by atoms with Crippen LogP contribution in [0, 0.1) is 0 Å². The molecule has 1 heterocycles. The minimum absolute atomic E-state index is 0.0909. The van der Waals surface area contributed by atoms with Crippen molar-refractivity contribution in [3.05, 3.63) is 35.4 Å². The first kappa shape index (κ1) is 11.8. The average molecular weight is 245 g/mol. The van der Waals surface area contributed by atoms with Gasteiger partial charge in [-0.15, -0.1) is 0 Å². The van der Waals surface area contributed by atoms with Crippen LogP contribution in [-0.4, -0.2) is 24.9 Å². The number of urea groups is 1. The van der Waals surface area contributed by atoms with Gasteiger partial charge in [0.2, 0.25) is 0 Å².